The molecule has 0 amide bonds. The van der Waals surface area contributed by atoms with Crippen molar-refractivity contribution in [1.29, 1.82) is 0 Å². The van der Waals surface area contributed by atoms with Gasteiger partial charge in [0.25, 0.3) is 0 Å². The average molecular weight is 472 g/mol. The summed E-state index contributed by atoms with van der Waals surface area (Å²) in [6.07, 6.45) is 0.251. The number of aliphatic imine (C=N–C) groups is 1. The summed E-state index contributed by atoms with van der Waals surface area (Å²) in [6.45, 7) is 6.54. The van der Waals surface area contributed by atoms with Gasteiger partial charge in [0, 0.05) is 27.4 Å². The summed E-state index contributed by atoms with van der Waals surface area (Å²) in [7, 11) is 2.22. The van der Waals surface area contributed by atoms with E-state index in [1.54, 1.807) is 42.1 Å². The Labute approximate surface area is 186 Å². The second kappa shape index (κ2) is 21.1. The zero-order valence-corrected chi connectivity index (χ0v) is 20.6. The Balaban J connectivity index is 0. The molecule has 12 heteroatoms. The Morgan fingerprint density at radius 2 is 1.26 bits per heavy atom. The van der Waals surface area contributed by atoms with Crippen molar-refractivity contribution >= 4 is 14.9 Å². The third-order valence-electron chi connectivity index (χ3n) is 3.65. The van der Waals surface area contributed by atoms with Gasteiger partial charge in [0.05, 0.1) is 57.9 Å². The molecular weight excluding hydrogens is 430 g/mol. The van der Waals surface area contributed by atoms with Crippen LogP contribution in [-0.2, 0) is 32.3 Å². The van der Waals surface area contributed by atoms with E-state index in [9.17, 15) is 4.79 Å². The van der Waals surface area contributed by atoms with Crippen LogP contribution in [0.4, 0.5) is 0 Å². The lowest BCUT2D eigenvalue weighted by atomic mass is 10.3. The molecule has 31 heavy (non-hydrogen) atoms. The molecule has 0 aromatic rings. The number of isocyanates is 1. The third kappa shape index (κ3) is 20.9. The monoisotopic (exact) mass is 471 g/mol. The van der Waals surface area contributed by atoms with E-state index in [2.05, 4.69) is 4.99 Å². The Hall–Kier alpha value is -0.763. The van der Waals surface area contributed by atoms with Crippen molar-refractivity contribution in [3.8, 4) is 0 Å². The molecule has 0 fully saturated rings. The van der Waals surface area contributed by atoms with Crippen LogP contribution < -0.4 is 0 Å². The maximum Gasteiger partial charge on any atom is 0.500 e. The highest BCUT2D eigenvalue weighted by Gasteiger charge is 2.36. The van der Waals surface area contributed by atoms with Crippen molar-refractivity contribution in [3.63, 3.8) is 0 Å². The maximum absolute atomic E-state index is 9.76. The topological polar surface area (TPSA) is 146 Å². The number of nitrogens with zero attached hydrogens (tertiary/aromatic N) is 1. The van der Waals surface area contributed by atoms with Crippen molar-refractivity contribution in [2.24, 2.45) is 4.99 Å². The number of rotatable bonds is 18. The molecule has 0 spiro atoms. The average Bonchev–Trinajstić information content (AvgIpc) is 2.72. The molecule has 3 N–H and O–H groups in total. The Bertz CT molecular complexity index is 421. The fourth-order valence-electron chi connectivity index (χ4n) is 2.14. The number of carbonyl (C=O) groups excluding carboxylic acids is 1. The Morgan fingerprint density at radius 1 is 0.806 bits per heavy atom. The Morgan fingerprint density at radius 3 is 1.61 bits per heavy atom. The van der Waals surface area contributed by atoms with Crippen LogP contribution in [0, 0.1) is 0 Å². The summed E-state index contributed by atoms with van der Waals surface area (Å²) in [4.78, 5) is 13.2. The molecule has 0 saturated heterocycles. The minimum absolute atomic E-state index is 0.195. The minimum Gasteiger partial charge on any atom is -0.391 e. The van der Waals surface area contributed by atoms with Gasteiger partial charge in [-0.3, -0.25) is 0 Å². The highest BCUT2D eigenvalue weighted by atomic mass is 28.4. The summed E-state index contributed by atoms with van der Waals surface area (Å²) < 4.78 is 31.4. The molecule has 0 aliphatic heterocycles. The van der Waals surface area contributed by atoms with E-state index in [1.165, 1.54) is 6.08 Å². The fraction of sp³-hybridized carbons (Fsp3) is 0.947. The first-order chi connectivity index (χ1) is 14.7. The smallest absolute Gasteiger partial charge is 0.391 e. The second-order valence-corrected chi connectivity index (χ2v) is 10.0. The minimum atomic E-state index is -2.46. The number of aliphatic hydroxyl groups excluding tert-OH is 3. The van der Waals surface area contributed by atoms with Crippen LogP contribution in [0.3, 0.4) is 0 Å². The lowest BCUT2D eigenvalue weighted by Gasteiger charge is -2.23. The quantitative estimate of drug-likeness (QED) is 0.109. The highest BCUT2D eigenvalue weighted by molar-refractivity contribution is 6.60. The van der Waals surface area contributed by atoms with Crippen LogP contribution in [0.1, 0.15) is 27.2 Å². The molecule has 0 aromatic heterocycles. The van der Waals surface area contributed by atoms with E-state index in [0.29, 0.717) is 19.0 Å². The lowest BCUT2D eigenvalue weighted by Crippen LogP contribution is -2.42. The van der Waals surface area contributed by atoms with Gasteiger partial charge in [-0.1, -0.05) is 0 Å². The van der Waals surface area contributed by atoms with E-state index in [-0.39, 0.29) is 39.1 Å². The normalized spacial score (nSPS) is 15.3. The van der Waals surface area contributed by atoms with Gasteiger partial charge in [-0.05, 0) is 27.2 Å². The van der Waals surface area contributed by atoms with Gasteiger partial charge >= 0.3 is 8.80 Å². The standard InChI is InChI=1S/C12H26O6.C7H15NO4Si/c1-9(13)4-16-7-12(18-6-11(3)15)8-17-5-10(2)14;1-10-13(11-2,12-3)6-4-5-8-7-9/h9-15H,4-8H2,1-3H3;4-6H2,1-3H3. The SMILES string of the molecule is CC(O)COCC(COCC(C)O)OCC(C)O.CO[Si](CCCN=C=O)(OC)OC. The van der Waals surface area contributed by atoms with Crippen molar-refractivity contribution in [2.45, 2.75) is 57.7 Å². The summed E-state index contributed by atoms with van der Waals surface area (Å²) in [6, 6.07) is 0.654. The number of ether oxygens (including phenoxy) is 3. The second-order valence-electron chi connectivity index (χ2n) is 6.95. The summed E-state index contributed by atoms with van der Waals surface area (Å²) in [5, 5.41) is 27.3. The predicted molar refractivity (Wildman–Crippen MR) is 116 cm³/mol. The van der Waals surface area contributed by atoms with Crippen LogP contribution in [-0.4, -0.2) is 116 Å². The molecule has 3 atom stereocenters. The van der Waals surface area contributed by atoms with Gasteiger partial charge in [-0.25, -0.2) is 9.79 Å². The lowest BCUT2D eigenvalue weighted by molar-refractivity contribution is -0.0927. The van der Waals surface area contributed by atoms with Crippen molar-refractivity contribution < 1.29 is 47.6 Å². The largest absolute Gasteiger partial charge is 0.500 e. The van der Waals surface area contributed by atoms with E-state index >= 15 is 0 Å². The highest BCUT2D eigenvalue weighted by Crippen LogP contribution is 2.14. The molecule has 11 nitrogen and oxygen atoms in total. The van der Waals surface area contributed by atoms with Crippen LogP contribution in [0.5, 0.6) is 0 Å². The zero-order valence-electron chi connectivity index (χ0n) is 19.6. The summed E-state index contributed by atoms with van der Waals surface area (Å²) >= 11 is 0. The molecule has 0 rings (SSSR count). The van der Waals surface area contributed by atoms with Crippen LogP contribution >= 0.6 is 0 Å². The van der Waals surface area contributed by atoms with Gasteiger partial charge in [-0.15, -0.1) is 0 Å². The molecule has 0 aromatic carbocycles. The van der Waals surface area contributed by atoms with Crippen molar-refractivity contribution in [2.75, 3.05) is 60.9 Å². The molecular formula is C19H41NO10Si. The number of aliphatic hydroxyl groups is 3. The summed E-state index contributed by atoms with van der Waals surface area (Å²) in [5.74, 6) is 0. The Kier molecular flexibility index (Phi) is 22.1. The van der Waals surface area contributed by atoms with Gasteiger partial charge in [-0.2, -0.15) is 0 Å². The van der Waals surface area contributed by atoms with Crippen molar-refractivity contribution in [3.05, 3.63) is 0 Å². The van der Waals surface area contributed by atoms with Crippen LogP contribution in [0.15, 0.2) is 4.99 Å². The van der Waals surface area contributed by atoms with Crippen molar-refractivity contribution in [1.82, 2.24) is 0 Å². The van der Waals surface area contributed by atoms with Crippen LogP contribution in [0.2, 0.25) is 6.04 Å². The number of hydrogen-bond acceptors (Lipinski definition) is 11. The first kappa shape index (κ1) is 32.4. The first-order valence-corrected chi connectivity index (χ1v) is 12.1. The van der Waals surface area contributed by atoms with E-state index < -0.39 is 27.1 Å². The first-order valence-electron chi connectivity index (χ1n) is 10.2. The molecule has 0 saturated carbocycles. The molecule has 0 aliphatic carbocycles. The fourth-order valence-corrected chi connectivity index (χ4v) is 3.84. The molecule has 186 valence electrons. The van der Waals surface area contributed by atoms with Gasteiger partial charge in [0.1, 0.15) is 6.10 Å². The van der Waals surface area contributed by atoms with Gasteiger partial charge in [0.2, 0.25) is 6.08 Å². The summed E-state index contributed by atoms with van der Waals surface area (Å²) in [5.41, 5.74) is 0. The zero-order chi connectivity index (χ0) is 24.1. The number of hydrogen-bond donors (Lipinski definition) is 3. The molecule has 3 unspecified atom stereocenters. The maximum atomic E-state index is 9.76. The van der Waals surface area contributed by atoms with E-state index in [0.717, 1.165) is 0 Å². The predicted octanol–water partition coefficient (Wildman–Crippen LogP) is 0.138. The molecule has 0 bridgehead atoms. The van der Waals surface area contributed by atoms with E-state index in [1.807, 2.05) is 0 Å². The van der Waals surface area contributed by atoms with Crippen LogP contribution in [0.25, 0.3) is 0 Å². The third-order valence-corrected chi connectivity index (χ3v) is 6.48. The van der Waals surface area contributed by atoms with Gasteiger partial charge < -0.3 is 42.8 Å². The molecule has 0 heterocycles. The van der Waals surface area contributed by atoms with E-state index in [4.69, 9.17) is 42.8 Å². The molecule has 0 aliphatic rings. The van der Waals surface area contributed by atoms with Gasteiger partial charge in [0.15, 0.2) is 0 Å². The molecule has 0 radical (unpaired) electrons.